The molecule has 0 spiro atoms. The summed E-state index contributed by atoms with van der Waals surface area (Å²) in [5, 5.41) is 3.95. The van der Waals surface area contributed by atoms with E-state index in [2.05, 4.69) is 15.3 Å². The molecule has 0 aliphatic carbocycles. The first kappa shape index (κ1) is 23.4. The number of fused-ring (bicyclic) bond motifs is 1. The van der Waals surface area contributed by atoms with E-state index in [-0.39, 0.29) is 13.2 Å². The van der Waals surface area contributed by atoms with Gasteiger partial charge in [0.15, 0.2) is 10.9 Å². The van der Waals surface area contributed by atoms with Crippen LogP contribution in [-0.4, -0.2) is 30.3 Å². The van der Waals surface area contributed by atoms with Gasteiger partial charge < -0.3 is 19.1 Å². The van der Waals surface area contributed by atoms with Crippen molar-refractivity contribution >= 4 is 34.3 Å². The third-order valence-corrected chi connectivity index (χ3v) is 8.22. The van der Waals surface area contributed by atoms with E-state index in [1.165, 1.54) is 11.3 Å². The average molecular weight is 484 g/mol. The molecule has 7 nitrogen and oxygen atoms in total. The Morgan fingerprint density at radius 3 is 2.42 bits per heavy atom. The van der Waals surface area contributed by atoms with Gasteiger partial charge in [-0.2, -0.15) is 0 Å². The van der Waals surface area contributed by atoms with Crippen molar-refractivity contribution in [3.05, 3.63) is 72.4 Å². The lowest BCUT2D eigenvalue weighted by molar-refractivity contribution is 0.214. The largest absolute Gasteiger partial charge is 0.497 e. The van der Waals surface area contributed by atoms with Crippen LogP contribution >= 0.6 is 18.9 Å². The van der Waals surface area contributed by atoms with Gasteiger partial charge in [0.2, 0.25) is 0 Å². The number of anilines is 1. The van der Waals surface area contributed by atoms with Gasteiger partial charge in [0, 0.05) is 11.8 Å². The van der Waals surface area contributed by atoms with Crippen molar-refractivity contribution in [1.82, 2.24) is 9.97 Å². The number of rotatable bonds is 10. The van der Waals surface area contributed by atoms with Crippen molar-refractivity contribution in [2.75, 3.05) is 25.6 Å². The van der Waals surface area contributed by atoms with Crippen LogP contribution in [0.5, 0.6) is 5.75 Å². The van der Waals surface area contributed by atoms with Gasteiger partial charge in [-0.3, -0.25) is 9.55 Å². The highest BCUT2D eigenvalue weighted by Crippen LogP contribution is 2.61. The molecule has 4 aromatic rings. The molecule has 0 radical (unpaired) electrons. The van der Waals surface area contributed by atoms with Gasteiger partial charge in [-0.1, -0.05) is 41.7 Å². The van der Waals surface area contributed by atoms with Crippen molar-refractivity contribution in [3.8, 4) is 17.0 Å². The fourth-order valence-electron chi connectivity index (χ4n) is 3.47. The van der Waals surface area contributed by atoms with E-state index in [1.807, 2.05) is 60.7 Å². The summed E-state index contributed by atoms with van der Waals surface area (Å²) in [6, 6.07) is 19.2. The third-order valence-electron chi connectivity index (χ3n) is 4.98. The Morgan fingerprint density at radius 1 is 1.03 bits per heavy atom. The number of ether oxygens (including phenoxy) is 1. The number of methoxy groups -OCH3 is 1. The second-order valence-corrected chi connectivity index (χ2v) is 10.3. The topological polar surface area (TPSA) is 82.6 Å². The van der Waals surface area contributed by atoms with Crippen LogP contribution in [0, 0.1) is 0 Å². The molecule has 0 bridgehead atoms. The number of nitrogens with one attached hydrogen (secondary N) is 1. The first-order valence-electron chi connectivity index (χ1n) is 10.7. The molecule has 33 heavy (non-hydrogen) atoms. The van der Waals surface area contributed by atoms with Gasteiger partial charge in [0.05, 0.1) is 36.2 Å². The fraction of sp³-hybridized carbons (Fsp3) is 0.250. The Balaban J connectivity index is 1.71. The van der Waals surface area contributed by atoms with Gasteiger partial charge in [0.1, 0.15) is 5.75 Å². The molecule has 172 valence electrons. The second-order valence-electron chi connectivity index (χ2n) is 7.11. The Kier molecular flexibility index (Phi) is 7.40. The van der Waals surface area contributed by atoms with Crippen LogP contribution in [0.1, 0.15) is 25.2 Å². The summed E-state index contributed by atoms with van der Waals surface area (Å²) in [6.07, 6.45) is 1.76. The van der Waals surface area contributed by atoms with Crippen LogP contribution in [0.15, 0.2) is 66.9 Å². The highest BCUT2D eigenvalue weighted by molar-refractivity contribution is 7.54. The lowest BCUT2D eigenvalue weighted by atomic mass is 10.1. The maximum absolute atomic E-state index is 13.8. The lowest BCUT2D eigenvalue weighted by Crippen LogP contribution is -2.15. The number of aromatic nitrogens is 2. The van der Waals surface area contributed by atoms with Crippen molar-refractivity contribution in [3.63, 3.8) is 0 Å². The average Bonchev–Trinajstić information content (AvgIpc) is 3.25. The molecule has 1 atom stereocenters. The SMILES string of the molecule is CCOP(=O)(OCC)C(Nc1nc2ccc(OC)cc2s1)c1ccc(-c2ccccn2)cc1. The molecular weight excluding hydrogens is 457 g/mol. The summed E-state index contributed by atoms with van der Waals surface area (Å²) in [6.45, 7) is 4.13. The van der Waals surface area contributed by atoms with Gasteiger partial charge >= 0.3 is 7.60 Å². The molecule has 0 aliphatic heterocycles. The van der Waals surface area contributed by atoms with Crippen LogP contribution < -0.4 is 10.1 Å². The fourth-order valence-corrected chi connectivity index (χ4v) is 6.39. The predicted molar refractivity (Wildman–Crippen MR) is 133 cm³/mol. The standard InChI is InChI=1S/C24H26N3O4PS/c1-4-30-32(28,31-5-2)23(18-11-9-17(10-12-18)20-8-6-7-15-25-20)27-24-26-21-14-13-19(29-3)16-22(21)33-24/h6-16,23H,4-5H2,1-3H3,(H,26,27). The number of hydrogen-bond acceptors (Lipinski definition) is 8. The zero-order chi connectivity index (χ0) is 23.3. The van der Waals surface area contributed by atoms with E-state index in [4.69, 9.17) is 13.8 Å². The zero-order valence-electron chi connectivity index (χ0n) is 18.7. The summed E-state index contributed by atoms with van der Waals surface area (Å²) in [5.41, 5.74) is 3.44. The molecule has 0 amide bonds. The summed E-state index contributed by atoms with van der Waals surface area (Å²) in [5.74, 6) is 0.0336. The molecule has 0 saturated carbocycles. The van der Waals surface area contributed by atoms with Gasteiger partial charge in [-0.25, -0.2) is 4.98 Å². The summed E-state index contributed by atoms with van der Waals surface area (Å²) >= 11 is 1.46. The van der Waals surface area contributed by atoms with E-state index < -0.39 is 13.4 Å². The van der Waals surface area contributed by atoms with Gasteiger partial charge in [0.25, 0.3) is 0 Å². The zero-order valence-corrected chi connectivity index (χ0v) is 20.4. The normalized spacial score (nSPS) is 12.6. The predicted octanol–water partition coefficient (Wildman–Crippen LogP) is 6.74. The summed E-state index contributed by atoms with van der Waals surface area (Å²) < 4.78 is 31.5. The quantitative estimate of drug-likeness (QED) is 0.250. The molecule has 2 aromatic heterocycles. The number of benzene rings is 2. The van der Waals surface area contributed by atoms with Crippen LogP contribution in [0.25, 0.3) is 21.5 Å². The smallest absolute Gasteiger partial charge is 0.357 e. The molecule has 2 aromatic carbocycles. The Bertz CT molecular complexity index is 1240. The minimum atomic E-state index is -3.55. The third kappa shape index (κ3) is 5.25. The first-order chi connectivity index (χ1) is 16.1. The van der Waals surface area contributed by atoms with E-state index in [0.29, 0.717) is 5.13 Å². The molecule has 2 heterocycles. The van der Waals surface area contributed by atoms with E-state index in [1.54, 1.807) is 27.2 Å². The second kappa shape index (κ2) is 10.4. The van der Waals surface area contributed by atoms with E-state index >= 15 is 0 Å². The molecule has 1 N–H and O–H groups in total. The highest BCUT2D eigenvalue weighted by Gasteiger charge is 2.37. The van der Waals surface area contributed by atoms with Crippen LogP contribution in [0.4, 0.5) is 5.13 Å². The number of nitrogens with zero attached hydrogens (tertiary/aromatic N) is 2. The molecular formula is C24H26N3O4PS. The Labute approximate surface area is 197 Å². The first-order valence-corrected chi connectivity index (χ1v) is 13.1. The monoisotopic (exact) mass is 483 g/mol. The minimum absolute atomic E-state index is 0.262. The molecule has 0 aliphatic rings. The maximum Gasteiger partial charge on any atom is 0.357 e. The molecule has 0 fully saturated rings. The van der Waals surface area contributed by atoms with Gasteiger partial charge in [-0.15, -0.1) is 0 Å². The van der Waals surface area contributed by atoms with Crippen molar-refractivity contribution in [1.29, 1.82) is 0 Å². The number of hydrogen-bond donors (Lipinski definition) is 1. The van der Waals surface area contributed by atoms with Crippen molar-refractivity contribution in [2.45, 2.75) is 19.6 Å². The number of pyridine rings is 1. The molecule has 4 rings (SSSR count). The number of thiazole rings is 1. The van der Waals surface area contributed by atoms with E-state index in [9.17, 15) is 4.57 Å². The Hall–Kier alpha value is -2.77. The van der Waals surface area contributed by atoms with Crippen LogP contribution in [0.3, 0.4) is 0 Å². The molecule has 9 heteroatoms. The highest BCUT2D eigenvalue weighted by atomic mass is 32.1. The van der Waals surface area contributed by atoms with Gasteiger partial charge in [-0.05, 0) is 49.7 Å². The summed E-state index contributed by atoms with van der Waals surface area (Å²) in [4.78, 5) is 9.06. The molecule has 1 unspecified atom stereocenters. The van der Waals surface area contributed by atoms with E-state index in [0.717, 1.165) is 32.8 Å². The van der Waals surface area contributed by atoms with Crippen LogP contribution in [-0.2, 0) is 13.6 Å². The minimum Gasteiger partial charge on any atom is -0.497 e. The maximum atomic E-state index is 13.8. The lowest BCUT2D eigenvalue weighted by Gasteiger charge is -2.27. The summed E-state index contributed by atoms with van der Waals surface area (Å²) in [7, 11) is -1.92. The van der Waals surface area contributed by atoms with Crippen molar-refractivity contribution in [2.24, 2.45) is 0 Å². The van der Waals surface area contributed by atoms with Crippen molar-refractivity contribution < 1.29 is 18.3 Å². The molecule has 0 saturated heterocycles. The van der Waals surface area contributed by atoms with Crippen LogP contribution in [0.2, 0.25) is 0 Å². The Morgan fingerprint density at radius 2 is 1.79 bits per heavy atom.